The number of amides is 1. The van der Waals surface area contributed by atoms with Gasteiger partial charge in [0.25, 0.3) is 0 Å². The first-order chi connectivity index (χ1) is 7.45. The number of rotatable bonds is 3. The van der Waals surface area contributed by atoms with E-state index in [1.807, 2.05) is 26.0 Å². The number of likely N-dealkylation sites (N-methyl/N-ethyl adjacent to an activating group) is 1. The second kappa shape index (κ2) is 4.99. The zero-order chi connectivity index (χ0) is 12.3. The maximum Gasteiger partial charge on any atom is 0.240 e. The summed E-state index contributed by atoms with van der Waals surface area (Å²) in [5, 5.41) is 1.11. The highest BCUT2D eigenvalue weighted by atomic mass is 16.5. The molecule has 1 amide bonds. The summed E-state index contributed by atoms with van der Waals surface area (Å²) in [5.74, 6) is 6.14. The van der Waals surface area contributed by atoms with Gasteiger partial charge in [-0.1, -0.05) is 12.1 Å². The smallest absolute Gasteiger partial charge is 0.240 e. The van der Waals surface area contributed by atoms with Crippen molar-refractivity contribution >= 4 is 5.91 Å². The Kier molecular flexibility index (Phi) is 3.90. The standard InChI is InChI=1S/C12H18N2O2/c1-8-5-10(7-11(15)14(3)13)6-9(2)12(8)16-4/h5-6H,7,13H2,1-4H3. The van der Waals surface area contributed by atoms with Crippen LogP contribution < -0.4 is 10.6 Å². The maximum absolute atomic E-state index is 11.5. The molecule has 0 atom stereocenters. The van der Waals surface area contributed by atoms with Gasteiger partial charge in [-0.2, -0.15) is 0 Å². The van der Waals surface area contributed by atoms with Gasteiger partial charge in [-0.25, -0.2) is 5.84 Å². The topological polar surface area (TPSA) is 55.6 Å². The monoisotopic (exact) mass is 222 g/mol. The van der Waals surface area contributed by atoms with E-state index in [2.05, 4.69) is 0 Å². The summed E-state index contributed by atoms with van der Waals surface area (Å²) in [5.41, 5.74) is 3.02. The number of hydrogen-bond acceptors (Lipinski definition) is 3. The van der Waals surface area contributed by atoms with E-state index in [9.17, 15) is 4.79 Å². The molecule has 16 heavy (non-hydrogen) atoms. The molecule has 2 N–H and O–H groups in total. The Morgan fingerprint density at radius 1 is 1.38 bits per heavy atom. The highest BCUT2D eigenvalue weighted by molar-refractivity contribution is 5.78. The number of hydrogen-bond donors (Lipinski definition) is 1. The fourth-order valence-electron chi connectivity index (χ4n) is 1.76. The lowest BCUT2D eigenvalue weighted by Crippen LogP contribution is -2.34. The minimum absolute atomic E-state index is 0.107. The van der Waals surface area contributed by atoms with Gasteiger partial charge in [0, 0.05) is 7.05 Å². The fraction of sp³-hybridized carbons (Fsp3) is 0.417. The normalized spacial score (nSPS) is 10.1. The number of nitrogens with zero attached hydrogens (tertiary/aromatic N) is 1. The molecule has 0 radical (unpaired) electrons. The van der Waals surface area contributed by atoms with Gasteiger partial charge >= 0.3 is 0 Å². The molecule has 4 nitrogen and oxygen atoms in total. The summed E-state index contributed by atoms with van der Waals surface area (Å²) in [4.78, 5) is 11.5. The molecular formula is C12H18N2O2. The largest absolute Gasteiger partial charge is 0.496 e. The van der Waals surface area contributed by atoms with Crippen molar-refractivity contribution in [2.75, 3.05) is 14.2 Å². The van der Waals surface area contributed by atoms with E-state index in [4.69, 9.17) is 10.6 Å². The average Bonchev–Trinajstić information content (AvgIpc) is 2.16. The summed E-state index contributed by atoms with van der Waals surface area (Å²) in [7, 11) is 3.19. The maximum atomic E-state index is 11.5. The Balaban J connectivity index is 2.96. The van der Waals surface area contributed by atoms with E-state index in [1.54, 1.807) is 14.2 Å². The SMILES string of the molecule is COc1c(C)cc(CC(=O)N(C)N)cc1C. The van der Waals surface area contributed by atoms with E-state index >= 15 is 0 Å². The van der Waals surface area contributed by atoms with Crippen molar-refractivity contribution in [2.45, 2.75) is 20.3 Å². The molecule has 0 saturated heterocycles. The van der Waals surface area contributed by atoms with Crippen LogP contribution in [0.15, 0.2) is 12.1 Å². The molecular weight excluding hydrogens is 204 g/mol. The van der Waals surface area contributed by atoms with Crippen LogP contribution in [0.5, 0.6) is 5.75 Å². The molecule has 0 aliphatic carbocycles. The van der Waals surface area contributed by atoms with Crippen LogP contribution in [0.2, 0.25) is 0 Å². The molecule has 1 rings (SSSR count). The number of benzene rings is 1. The summed E-state index contributed by atoms with van der Waals surface area (Å²) in [6.07, 6.45) is 0.318. The van der Waals surface area contributed by atoms with Gasteiger partial charge in [-0.3, -0.25) is 9.80 Å². The lowest BCUT2D eigenvalue weighted by atomic mass is 10.0. The molecule has 1 aromatic carbocycles. The molecule has 0 unspecified atom stereocenters. The van der Waals surface area contributed by atoms with Crippen LogP contribution in [-0.2, 0) is 11.2 Å². The van der Waals surface area contributed by atoms with E-state index in [0.717, 1.165) is 27.4 Å². The first-order valence-electron chi connectivity index (χ1n) is 5.11. The van der Waals surface area contributed by atoms with Gasteiger partial charge in [0.2, 0.25) is 5.91 Å². The highest BCUT2D eigenvalue weighted by Crippen LogP contribution is 2.24. The molecule has 0 spiro atoms. The third kappa shape index (κ3) is 2.73. The Bertz CT molecular complexity index is 377. The Labute approximate surface area is 96.0 Å². The summed E-state index contributed by atoms with van der Waals surface area (Å²) in [6, 6.07) is 3.90. The van der Waals surface area contributed by atoms with Gasteiger partial charge in [0.1, 0.15) is 5.75 Å². The quantitative estimate of drug-likeness (QED) is 0.475. The molecule has 88 valence electrons. The summed E-state index contributed by atoms with van der Waals surface area (Å²) in [6.45, 7) is 3.93. The number of hydrazine groups is 1. The van der Waals surface area contributed by atoms with Crippen molar-refractivity contribution in [3.8, 4) is 5.75 Å². The van der Waals surface area contributed by atoms with Gasteiger partial charge in [-0.15, -0.1) is 0 Å². The number of carbonyl (C=O) groups excluding carboxylic acids is 1. The second-order valence-electron chi connectivity index (χ2n) is 3.94. The minimum Gasteiger partial charge on any atom is -0.496 e. The van der Waals surface area contributed by atoms with Crippen LogP contribution in [0.4, 0.5) is 0 Å². The van der Waals surface area contributed by atoms with E-state index < -0.39 is 0 Å². The minimum atomic E-state index is -0.107. The van der Waals surface area contributed by atoms with Crippen LogP contribution in [0.3, 0.4) is 0 Å². The van der Waals surface area contributed by atoms with Crippen LogP contribution in [0.25, 0.3) is 0 Å². The van der Waals surface area contributed by atoms with E-state index in [1.165, 1.54) is 0 Å². The number of ether oxygens (including phenoxy) is 1. The Morgan fingerprint density at radius 2 is 1.88 bits per heavy atom. The highest BCUT2D eigenvalue weighted by Gasteiger charge is 2.10. The van der Waals surface area contributed by atoms with E-state index in [0.29, 0.717) is 6.42 Å². The Hall–Kier alpha value is -1.55. The molecule has 0 heterocycles. The number of carbonyl (C=O) groups is 1. The number of methoxy groups -OCH3 is 1. The van der Waals surface area contributed by atoms with Gasteiger partial charge in [0.05, 0.1) is 13.5 Å². The molecule has 0 saturated carbocycles. The van der Waals surface area contributed by atoms with Crippen molar-refractivity contribution in [1.29, 1.82) is 0 Å². The van der Waals surface area contributed by atoms with Crippen LogP contribution in [-0.4, -0.2) is 25.1 Å². The molecule has 0 aliphatic heterocycles. The number of nitrogens with two attached hydrogens (primary N) is 1. The zero-order valence-corrected chi connectivity index (χ0v) is 10.2. The van der Waals surface area contributed by atoms with Crippen LogP contribution in [0, 0.1) is 13.8 Å². The van der Waals surface area contributed by atoms with Gasteiger partial charge in [-0.05, 0) is 30.5 Å². The first kappa shape index (κ1) is 12.5. The summed E-state index contributed by atoms with van der Waals surface area (Å²) < 4.78 is 5.26. The zero-order valence-electron chi connectivity index (χ0n) is 10.2. The van der Waals surface area contributed by atoms with Crippen molar-refractivity contribution in [3.63, 3.8) is 0 Å². The van der Waals surface area contributed by atoms with Crippen LogP contribution in [0.1, 0.15) is 16.7 Å². The lowest BCUT2D eigenvalue weighted by molar-refractivity contribution is -0.129. The second-order valence-corrected chi connectivity index (χ2v) is 3.94. The molecule has 0 aromatic heterocycles. The molecule has 0 bridgehead atoms. The summed E-state index contributed by atoms with van der Waals surface area (Å²) >= 11 is 0. The molecule has 1 aromatic rings. The van der Waals surface area contributed by atoms with Gasteiger partial charge in [0.15, 0.2) is 0 Å². The molecule has 0 aliphatic rings. The average molecular weight is 222 g/mol. The van der Waals surface area contributed by atoms with Crippen molar-refractivity contribution < 1.29 is 9.53 Å². The molecule has 0 fully saturated rings. The third-order valence-corrected chi connectivity index (χ3v) is 2.47. The Morgan fingerprint density at radius 3 is 2.25 bits per heavy atom. The predicted molar refractivity (Wildman–Crippen MR) is 63.1 cm³/mol. The fourth-order valence-corrected chi connectivity index (χ4v) is 1.76. The van der Waals surface area contributed by atoms with Crippen molar-refractivity contribution in [1.82, 2.24) is 5.01 Å². The third-order valence-electron chi connectivity index (χ3n) is 2.47. The molecule has 4 heteroatoms. The lowest BCUT2D eigenvalue weighted by Gasteiger charge is -2.13. The van der Waals surface area contributed by atoms with Crippen molar-refractivity contribution in [3.05, 3.63) is 28.8 Å². The van der Waals surface area contributed by atoms with E-state index in [-0.39, 0.29) is 5.91 Å². The number of aryl methyl sites for hydroxylation is 2. The first-order valence-corrected chi connectivity index (χ1v) is 5.11. The van der Waals surface area contributed by atoms with Crippen LogP contribution >= 0.6 is 0 Å². The van der Waals surface area contributed by atoms with Gasteiger partial charge < -0.3 is 4.74 Å². The van der Waals surface area contributed by atoms with Crippen molar-refractivity contribution in [2.24, 2.45) is 5.84 Å². The predicted octanol–water partition coefficient (Wildman–Crippen LogP) is 1.19.